The van der Waals surface area contributed by atoms with Crippen molar-refractivity contribution in [3.63, 3.8) is 0 Å². The third-order valence-electron chi connectivity index (χ3n) is 7.77. The lowest BCUT2D eigenvalue weighted by Crippen LogP contribution is -2.37. The number of aliphatic carboxylic acids is 1. The summed E-state index contributed by atoms with van der Waals surface area (Å²) in [7, 11) is 0. The first kappa shape index (κ1) is 33.5. The van der Waals surface area contributed by atoms with Crippen LogP contribution in [0.1, 0.15) is 31.4 Å². The van der Waals surface area contributed by atoms with Crippen LogP contribution in [0.4, 0.5) is 29.5 Å². The van der Waals surface area contributed by atoms with Gasteiger partial charge in [0.2, 0.25) is 0 Å². The second kappa shape index (κ2) is 15.2. The number of morpholine rings is 1. The van der Waals surface area contributed by atoms with Gasteiger partial charge in [0.15, 0.2) is 22.8 Å². The van der Waals surface area contributed by atoms with Crippen molar-refractivity contribution in [2.75, 3.05) is 56.2 Å². The van der Waals surface area contributed by atoms with Crippen molar-refractivity contribution in [2.24, 2.45) is 0 Å². The van der Waals surface area contributed by atoms with Gasteiger partial charge in [-0.05, 0) is 55.7 Å². The zero-order valence-electron chi connectivity index (χ0n) is 25.8. The highest BCUT2D eigenvalue weighted by Crippen LogP contribution is 2.32. The second-order valence-electron chi connectivity index (χ2n) is 11.0. The Hall–Kier alpha value is -4.83. The summed E-state index contributed by atoms with van der Waals surface area (Å²) in [6.07, 6.45) is 2.67. The van der Waals surface area contributed by atoms with Crippen LogP contribution in [0, 0.1) is 0 Å². The molecule has 2 aliphatic heterocycles. The number of fused-ring (bicyclic) bond motifs is 1. The number of ether oxygens (including phenoxy) is 1. The van der Waals surface area contributed by atoms with E-state index in [2.05, 4.69) is 36.1 Å². The van der Waals surface area contributed by atoms with E-state index in [1.165, 1.54) is 5.56 Å². The number of carboxylic acids is 1. The molecule has 2 amide bonds. The molecule has 1 aromatic carbocycles. The zero-order valence-corrected chi connectivity index (χ0v) is 25.8. The van der Waals surface area contributed by atoms with Gasteiger partial charge in [0.05, 0.1) is 19.5 Å². The van der Waals surface area contributed by atoms with Crippen molar-refractivity contribution in [3.8, 4) is 11.4 Å². The molecule has 0 unspecified atom stereocenters. The van der Waals surface area contributed by atoms with Crippen LogP contribution in [0.5, 0.6) is 0 Å². The second-order valence-corrected chi connectivity index (χ2v) is 11.0. The Morgan fingerprint density at radius 3 is 2.36 bits per heavy atom. The molecule has 0 saturated carbocycles. The van der Waals surface area contributed by atoms with E-state index in [0.717, 1.165) is 68.1 Å². The summed E-state index contributed by atoms with van der Waals surface area (Å²) >= 11 is 0. The highest BCUT2D eigenvalue weighted by Gasteiger charge is 2.38. The Kier molecular flexibility index (Phi) is 10.8. The molecule has 2 saturated heterocycles. The fraction of sp³-hybridized carbons (Fsp3) is 0.419. The Bertz CT molecular complexity index is 1640. The number of nitrogens with one attached hydrogen (secondary N) is 2. The number of imidazole rings is 1. The normalized spacial score (nSPS) is 16.0. The minimum absolute atomic E-state index is 0.224. The van der Waals surface area contributed by atoms with Crippen LogP contribution in [-0.4, -0.2) is 98.6 Å². The monoisotopic (exact) mass is 655 g/mol. The van der Waals surface area contributed by atoms with Crippen LogP contribution in [0.2, 0.25) is 0 Å². The molecule has 0 atom stereocenters. The van der Waals surface area contributed by atoms with Crippen LogP contribution in [0.3, 0.4) is 0 Å². The summed E-state index contributed by atoms with van der Waals surface area (Å²) in [6.45, 7) is 8.25. The number of aromatic nitrogens is 5. The number of halogens is 3. The Labute approximate surface area is 268 Å². The number of carbonyl (C=O) groups is 2. The summed E-state index contributed by atoms with van der Waals surface area (Å²) in [5, 5.41) is 12.7. The number of amides is 2. The molecule has 3 N–H and O–H groups in total. The minimum atomic E-state index is -5.08. The van der Waals surface area contributed by atoms with Crippen molar-refractivity contribution >= 4 is 34.7 Å². The lowest BCUT2D eigenvalue weighted by molar-refractivity contribution is -0.192. The predicted molar refractivity (Wildman–Crippen MR) is 168 cm³/mol. The standard InChI is InChI=1S/C29H35N9O2.C2HF3O2/c1-2-31-29(39)33-23-7-5-22(6-8-23)26-34-27(37-14-16-40-17-15-37)25-28(35-26)38(20-32-25)24-9-12-36(13-10-24)19-21-4-3-11-30-18-21;3-2(4,5)1(6)7/h3-8,11,18,20,24H,2,9-10,12-17,19H2,1H3,(H2,31,33,39);(H,6,7). The number of alkyl halides is 3. The number of hydrogen-bond donors (Lipinski definition) is 3. The quantitative estimate of drug-likeness (QED) is 0.262. The van der Waals surface area contributed by atoms with Gasteiger partial charge in [0, 0.05) is 69.0 Å². The largest absolute Gasteiger partial charge is 0.490 e. The van der Waals surface area contributed by atoms with E-state index < -0.39 is 12.1 Å². The van der Waals surface area contributed by atoms with Gasteiger partial charge in [-0.25, -0.2) is 24.5 Å². The first-order valence-corrected chi connectivity index (χ1v) is 15.3. The maximum absolute atomic E-state index is 11.9. The number of piperidine rings is 1. The molecule has 4 aromatic rings. The lowest BCUT2D eigenvalue weighted by Gasteiger charge is -2.32. The van der Waals surface area contributed by atoms with Crippen molar-refractivity contribution in [2.45, 2.75) is 38.5 Å². The Morgan fingerprint density at radius 2 is 1.74 bits per heavy atom. The predicted octanol–water partition coefficient (Wildman–Crippen LogP) is 4.34. The van der Waals surface area contributed by atoms with E-state index in [1.54, 1.807) is 0 Å². The summed E-state index contributed by atoms with van der Waals surface area (Å²) in [4.78, 5) is 44.7. The van der Waals surface area contributed by atoms with Gasteiger partial charge >= 0.3 is 18.2 Å². The smallest absolute Gasteiger partial charge is 0.475 e. The lowest BCUT2D eigenvalue weighted by atomic mass is 10.0. The van der Waals surface area contributed by atoms with Gasteiger partial charge in [0.1, 0.15) is 0 Å². The SMILES string of the molecule is CCNC(=O)Nc1ccc(-c2nc(N3CCOCC3)c3ncn(C4CCN(Cc5cccnc5)CC4)c3n2)cc1.O=C(O)C(F)(F)F. The molecule has 47 heavy (non-hydrogen) atoms. The molecule has 0 bridgehead atoms. The fourth-order valence-electron chi connectivity index (χ4n) is 5.44. The van der Waals surface area contributed by atoms with E-state index in [1.807, 2.05) is 56.0 Å². The summed E-state index contributed by atoms with van der Waals surface area (Å²) in [6, 6.07) is 11.9. The number of nitrogens with zero attached hydrogens (tertiary/aromatic N) is 7. The number of carbonyl (C=O) groups excluding carboxylic acids is 1. The molecule has 0 aliphatic carbocycles. The molecule has 2 fully saturated rings. The summed E-state index contributed by atoms with van der Waals surface area (Å²) in [5.74, 6) is -1.26. The van der Waals surface area contributed by atoms with Gasteiger partial charge in [-0.15, -0.1) is 0 Å². The molecule has 5 heterocycles. The summed E-state index contributed by atoms with van der Waals surface area (Å²) < 4.78 is 39.6. The number of benzene rings is 1. The number of pyridine rings is 1. The first-order chi connectivity index (χ1) is 22.6. The Balaban J connectivity index is 0.000000559. The molecule has 13 nitrogen and oxygen atoms in total. The van der Waals surface area contributed by atoms with Crippen molar-refractivity contribution in [1.29, 1.82) is 0 Å². The third-order valence-corrected chi connectivity index (χ3v) is 7.77. The number of rotatable bonds is 7. The van der Waals surface area contributed by atoms with Crippen LogP contribution in [0.25, 0.3) is 22.6 Å². The first-order valence-electron chi connectivity index (χ1n) is 15.3. The molecular formula is C31H36F3N9O4. The number of likely N-dealkylation sites (tertiary alicyclic amines) is 1. The fourth-order valence-corrected chi connectivity index (χ4v) is 5.44. The van der Waals surface area contributed by atoms with E-state index in [-0.39, 0.29) is 6.03 Å². The highest BCUT2D eigenvalue weighted by atomic mass is 19.4. The molecule has 2 aliphatic rings. The molecule has 0 spiro atoms. The van der Waals surface area contributed by atoms with Gasteiger partial charge in [-0.2, -0.15) is 13.2 Å². The molecule has 3 aromatic heterocycles. The topological polar surface area (TPSA) is 151 Å². The highest BCUT2D eigenvalue weighted by molar-refractivity contribution is 5.90. The molecular weight excluding hydrogens is 619 g/mol. The number of anilines is 2. The van der Waals surface area contributed by atoms with Crippen LogP contribution >= 0.6 is 0 Å². The van der Waals surface area contributed by atoms with Crippen LogP contribution in [0.15, 0.2) is 55.1 Å². The van der Waals surface area contributed by atoms with E-state index in [9.17, 15) is 18.0 Å². The van der Waals surface area contributed by atoms with Gasteiger partial charge in [0.25, 0.3) is 0 Å². The number of hydrogen-bond acceptors (Lipinski definition) is 9. The molecule has 250 valence electrons. The maximum atomic E-state index is 11.9. The van der Waals surface area contributed by atoms with E-state index in [4.69, 9.17) is 29.6 Å². The zero-order chi connectivity index (χ0) is 33.4. The van der Waals surface area contributed by atoms with Crippen molar-refractivity contribution in [1.82, 2.24) is 34.7 Å². The van der Waals surface area contributed by atoms with E-state index in [0.29, 0.717) is 37.3 Å². The van der Waals surface area contributed by atoms with Crippen molar-refractivity contribution in [3.05, 3.63) is 60.7 Å². The average molecular weight is 656 g/mol. The molecule has 0 radical (unpaired) electrons. The summed E-state index contributed by atoms with van der Waals surface area (Å²) in [5.41, 5.74) is 4.54. The maximum Gasteiger partial charge on any atom is 0.490 e. The Morgan fingerprint density at radius 1 is 1.04 bits per heavy atom. The average Bonchev–Trinajstić information content (AvgIpc) is 3.50. The van der Waals surface area contributed by atoms with E-state index >= 15 is 0 Å². The van der Waals surface area contributed by atoms with Gasteiger partial charge < -0.3 is 29.9 Å². The van der Waals surface area contributed by atoms with Crippen LogP contribution < -0.4 is 15.5 Å². The minimum Gasteiger partial charge on any atom is -0.475 e. The number of urea groups is 1. The van der Waals surface area contributed by atoms with Gasteiger partial charge in [-0.3, -0.25) is 9.88 Å². The molecule has 6 rings (SSSR count). The van der Waals surface area contributed by atoms with Crippen molar-refractivity contribution < 1.29 is 32.6 Å². The third kappa shape index (κ3) is 8.71. The van der Waals surface area contributed by atoms with Crippen LogP contribution in [-0.2, 0) is 16.1 Å². The van der Waals surface area contributed by atoms with Gasteiger partial charge in [-0.1, -0.05) is 6.07 Å². The number of carboxylic acid groups (broad SMARTS) is 1. The molecule has 16 heteroatoms.